The molecule has 9 heteroatoms. The van der Waals surface area contributed by atoms with Gasteiger partial charge in [0.05, 0.1) is 5.88 Å². The molecule has 0 aliphatic rings. The van der Waals surface area contributed by atoms with Crippen LogP contribution in [0.1, 0.15) is 11.6 Å². The Morgan fingerprint density at radius 3 is 2.62 bits per heavy atom. The summed E-state index contributed by atoms with van der Waals surface area (Å²) in [5.74, 6) is -3.65. The van der Waals surface area contributed by atoms with Gasteiger partial charge in [-0.3, -0.25) is 5.10 Å². The van der Waals surface area contributed by atoms with E-state index in [4.69, 9.17) is 11.6 Å². The minimum Gasteiger partial charge on any atom is -0.367 e. The lowest BCUT2D eigenvalue weighted by molar-refractivity contribution is -0.168. The number of ether oxygens (including phenoxy) is 1. The summed E-state index contributed by atoms with van der Waals surface area (Å²) in [5.41, 5.74) is 0. The van der Waals surface area contributed by atoms with E-state index in [2.05, 4.69) is 19.9 Å². The third-order valence-corrected chi connectivity index (χ3v) is 1.80. The molecule has 0 bridgehead atoms. The molecule has 92 valence electrons. The second-order valence-electron chi connectivity index (χ2n) is 2.89. The maximum atomic E-state index is 12.4. The van der Waals surface area contributed by atoms with Crippen molar-refractivity contribution in [3.05, 3.63) is 11.6 Å². The number of halogens is 5. The minimum atomic E-state index is -4.16. The summed E-state index contributed by atoms with van der Waals surface area (Å²) in [6.07, 6.45) is -3.75. The Morgan fingerprint density at radius 2 is 2.12 bits per heavy atom. The topological polar surface area (TPSA) is 50.8 Å². The van der Waals surface area contributed by atoms with Crippen LogP contribution in [0.5, 0.6) is 0 Å². The highest BCUT2D eigenvalue weighted by atomic mass is 35.5. The number of nitrogens with zero attached hydrogens (tertiary/aromatic N) is 2. The average molecular weight is 262 g/mol. The first-order chi connectivity index (χ1) is 7.45. The zero-order valence-corrected chi connectivity index (χ0v) is 8.65. The summed E-state index contributed by atoms with van der Waals surface area (Å²) < 4.78 is 52.6. The van der Waals surface area contributed by atoms with Crippen molar-refractivity contribution in [1.82, 2.24) is 15.2 Å². The quantitative estimate of drug-likeness (QED) is 0.629. The van der Waals surface area contributed by atoms with Crippen molar-refractivity contribution in [2.75, 3.05) is 6.61 Å². The van der Waals surface area contributed by atoms with Crippen LogP contribution >= 0.6 is 11.6 Å². The SMILES string of the molecule is FC(F)C(F)(F)COCc1n[nH]c(CCl)n1. The number of hydrogen-bond acceptors (Lipinski definition) is 3. The van der Waals surface area contributed by atoms with Gasteiger partial charge in [-0.05, 0) is 0 Å². The number of aromatic nitrogens is 3. The first kappa shape index (κ1) is 13.2. The zero-order valence-electron chi connectivity index (χ0n) is 7.89. The fourth-order valence-electron chi connectivity index (χ4n) is 0.801. The highest BCUT2D eigenvalue weighted by Gasteiger charge is 2.40. The molecule has 4 nitrogen and oxygen atoms in total. The summed E-state index contributed by atoms with van der Waals surface area (Å²) in [7, 11) is 0. The van der Waals surface area contributed by atoms with E-state index in [0.29, 0.717) is 5.82 Å². The number of H-pyrrole nitrogens is 1. The number of aromatic amines is 1. The molecule has 0 fully saturated rings. The molecule has 0 aliphatic carbocycles. The molecule has 16 heavy (non-hydrogen) atoms. The Kier molecular flexibility index (Phi) is 4.48. The van der Waals surface area contributed by atoms with Crippen LogP contribution in [0.15, 0.2) is 0 Å². The molecule has 0 spiro atoms. The molecule has 1 rings (SSSR count). The smallest absolute Gasteiger partial charge is 0.330 e. The van der Waals surface area contributed by atoms with Gasteiger partial charge < -0.3 is 4.74 Å². The van der Waals surface area contributed by atoms with Crippen LogP contribution in [0.2, 0.25) is 0 Å². The molecule has 0 saturated heterocycles. The third kappa shape index (κ3) is 3.60. The van der Waals surface area contributed by atoms with E-state index >= 15 is 0 Å². The van der Waals surface area contributed by atoms with Crippen molar-refractivity contribution in [3.63, 3.8) is 0 Å². The van der Waals surface area contributed by atoms with E-state index in [1.165, 1.54) is 0 Å². The molecule has 1 aromatic rings. The maximum Gasteiger partial charge on any atom is 0.330 e. The largest absolute Gasteiger partial charge is 0.367 e. The van der Waals surface area contributed by atoms with Crippen molar-refractivity contribution in [3.8, 4) is 0 Å². The van der Waals surface area contributed by atoms with Gasteiger partial charge in [0.2, 0.25) is 0 Å². The van der Waals surface area contributed by atoms with Crippen LogP contribution in [0, 0.1) is 0 Å². The molecule has 0 unspecified atom stereocenters. The van der Waals surface area contributed by atoms with Gasteiger partial charge in [0.1, 0.15) is 19.0 Å². The third-order valence-electron chi connectivity index (χ3n) is 1.55. The van der Waals surface area contributed by atoms with Crippen molar-refractivity contribution in [1.29, 1.82) is 0 Å². The standard InChI is InChI=1S/C7H8ClF4N3O/c8-1-4-13-5(15-14-4)2-16-3-7(11,12)6(9)10/h6H,1-3H2,(H,13,14,15). The minimum absolute atomic E-state index is 0.0835. The molecule has 0 radical (unpaired) electrons. The molecule has 1 heterocycles. The van der Waals surface area contributed by atoms with Gasteiger partial charge in [-0.2, -0.15) is 13.9 Å². The van der Waals surface area contributed by atoms with Crippen LogP contribution in [0.4, 0.5) is 17.6 Å². The summed E-state index contributed by atoms with van der Waals surface area (Å²) in [5, 5.41) is 5.99. The second kappa shape index (κ2) is 5.44. The summed E-state index contributed by atoms with van der Waals surface area (Å²) in [6.45, 7) is -1.76. The predicted molar refractivity (Wildman–Crippen MR) is 46.5 cm³/mol. The van der Waals surface area contributed by atoms with Gasteiger partial charge in [-0.1, -0.05) is 0 Å². The van der Waals surface area contributed by atoms with Crippen LogP contribution in [0.3, 0.4) is 0 Å². The van der Waals surface area contributed by atoms with Gasteiger partial charge in [0.25, 0.3) is 0 Å². The Morgan fingerprint density at radius 1 is 1.44 bits per heavy atom. The molecule has 1 aromatic heterocycles. The molecular weight excluding hydrogens is 254 g/mol. The monoisotopic (exact) mass is 261 g/mol. The first-order valence-corrected chi connectivity index (χ1v) is 4.69. The van der Waals surface area contributed by atoms with Gasteiger partial charge in [0, 0.05) is 0 Å². The molecule has 0 amide bonds. The first-order valence-electron chi connectivity index (χ1n) is 4.15. The Bertz CT molecular complexity index is 333. The van der Waals surface area contributed by atoms with Crippen LogP contribution in [-0.4, -0.2) is 34.1 Å². The fraction of sp³-hybridized carbons (Fsp3) is 0.714. The Labute approximate surface area is 93.0 Å². The predicted octanol–water partition coefficient (Wildman–Crippen LogP) is 1.96. The zero-order chi connectivity index (χ0) is 12.2. The number of hydrogen-bond donors (Lipinski definition) is 1. The summed E-state index contributed by atoms with van der Waals surface area (Å²) in [6, 6.07) is 0. The lowest BCUT2D eigenvalue weighted by Gasteiger charge is -2.14. The van der Waals surface area contributed by atoms with E-state index in [9.17, 15) is 17.6 Å². The van der Waals surface area contributed by atoms with Crippen molar-refractivity contribution in [2.24, 2.45) is 0 Å². The molecule has 0 aromatic carbocycles. The fourth-order valence-corrected chi connectivity index (χ4v) is 0.920. The van der Waals surface area contributed by atoms with Crippen molar-refractivity contribution >= 4 is 11.6 Å². The molecule has 0 aliphatic heterocycles. The molecular formula is C7H8ClF4N3O. The lowest BCUT2D eigenvalue weighted by Crippen LogP contribution is -2.32. The molecule has 0 saturated carbocycles. The summed E-state index contributed by atoms with van der Waals surface area (Å²) in [4.78, 5) is 3.74. The van der Waals surface area contributed by atoms with Gasteiger partial charge >= 0.3 is 12.3 Å². The van der Waals surface area contributed by atoms with Gasteiger partial charge in [-0.15, -0.1) is 11.6 Å². The molecule has 1 N–H and O–H groups in total. The van der Waals surface area contributed by atoms with E-state index in [-0.39, 0.29) is 18.3 Å². The van der Waals surface area contributed by atoms with E-state index in [1.54, 1.807) is 0 Å². The summed E-state index contributed by atoms with van der Waals surface area (Å²) >= 11 is 5.39. The lowest BCUT2D eigenvalue weighted by atomic mass is 10.4. The van der Waals surface area contributed by atoms with Crippen LogP contribution in [-0.2, 0) is 17.2 Å². The highest BCUT2D eigenvalue weighted by molar-refractivity contribution is 6.16. The highest BCUT2D eigenvalue weighted by Crippen LogP contribution is 2.23. The van der Waals surface area contributed by atoms with E-state index in [1.807, 2.05) is 0 Å². The number of nitrogens with one attached hydrogen (secondary N) is 1. The van der Waals surface area contributed by atoms with E-state index < -0.39 is 19.0 Å². The van der Waals surface area contributed by atoms with Crippen LogP contribution < -0.4 is 0 Å². The maximum absolute atomic E-state index is 12.4. The average Bonchev–Trinajstić information content (AvgIpc) is 2.65. The normalized spacial score (nSPS) is 12.4. The number of rotatable bonds is 6. The van der Waals surface area contributed by atoms with Crippen LogP contribution in [0.25, 0.3) is 0 Å². The second-order valence-corrected chi connectivity index (χ2v) is 3.15. The van der Waals surface area contributed by atoms with E-state index in [0.717, 1.165) is 0 Å². The molecule has 0 atom stereocenters. The number of alkyl halides is 5. The van der Waals surface area contributed by atoms with Gasteiger partial charge in [0.15, 0.2) is 5.82 Å². The van der Waals surface area contributed by atoms with Gasteiger partial charge in [-0.25, -0.2) is 13.8 Å². The Hall–Kier alpha value is -0.890. The Balaban J connectivity index is 2.35. The van der Waals surface area contributed by atoms with Crippen molar-refractivity contribution in [2.45, 2.75) is 24.8 Å². The van der Waals surface area contributed by atoms with Crippen molar-refractivity contribution < 1.29 is 22.3 Å².